The maximum Gasteiger partial charge on any atom is 0.157 e. The fraction of sp³-hybridized carbons (Fsp3) is 0.909. The molecule has 1 aliphatic heterocycles. The van der Waals surface area contributed by atoms with Crippen LogP contribution in [0.3, 0.4) is 0 Å². The summed E-state index contributed by atoms with van der Waals surface area (Å²) in [7, 11) is 0. The van der Waals surface area contributed by atoms with E-state index in [2.05, 4.69) is 0 Å². The van der Waals surface area contributed by atoms with Crippen molar-refractivity contribution in [3.05, 3.63) is 0 Å². The third-order valence-corrected chi connectivity index (χ3v) is 3.14. The molecule has 0 radical (unpaired) electrons. The molecule has 3 atom stereocenters. The zero-order chi connectivity index (χ0) is 9.80. The molecule has 14 heavy (non-hydrogen) atoms. The van der Waals surface area contributed by atoms with E-state index in [4.69, 9.17) is 9.47 Å². The maximum atomic E-state index is 10.7. The lowest BCUT2D eigenvalue weighted by atomic mass is 10.1. The summed E-state index contributed by atoms with van der Waals surface area (Å²) in [6.07, 6.45) is 7.54. The van der Waals surface area contributed by atoms with E-state index in [-0.39, 0.29) is 18.3 Å². The van der Waals surface area contributed by atoms with Crippen LogP contribution in [0.15, 0.2) is 0 Å². The highest BCUT2D eigenvalue weighted by Crippen LogP contribution is 2.29. The Hall–Kier alpha value is -0.410. The monoisotopic (exact) mass is 198 g/mol. The molecule has 0 aromatic rings. The largest absolute Gasteiger partial charge is 0.353 e. The normalized spacial score (nSPS) is 38.4. The summed E-state index contributed by atoms with van der Waals surface area (Å²) < 4.78 is 11.3. The van der Waals surface area contributed by atoms with Crippen LogP contribution in [0.2, 0.25) is 0 Å². The molecule has 1 aliphatic carbocycles. The average molecular weight is 198 g/mol. The Balaban J connectivity index is 1.80. The molecule has 3 heteroatoms. The van der Waals surface area contributed by atoms with Crippen molar-refractivity contribution in [2.45, 2.75) is 50.9 Å². The van der Waals surface area contributed by atoms with Crippen LogP contribution in [0.5, 0.6) is 0 Å². The number of hydrogen-bond donors (Lipinski definition) is 0. The van der Waals surface area contributed by atoms with E-state index in [1.54, 1.807) is 0 Å². The molecule has 0 aromatic heterocycles. The van der Waals surface area contributed by atoms with Crippen LogP contribution in [-0.4, -0.2) is 25.3 Å². The third kappa shape index (κ3) is 2.34. The van der Waals surface area contributed by atoms with Gasteiger partial charge in [-0.1, -0.05) is 6.42 Å². The summed E-state index contributed by atoms with van der Waals surface area (Å²) in [5.41, 5.74) is 0. The van der Waals surface area contributed by atoms with E-state index >= 15 is 0 Å². The molecule has 2 rings (SSSR count). The van der Waals surface area contributed by atoms with E-state index in [1.807, 2.05) is 0 Å². The molecule has 0 bridgehead atoms. The first-order valence-electron chi connectivity index (χ1n) is 5.62. The molecule has 3 nitrogen and oxygen atoms in total. The number of aldehydes is 1. The standard InChI is InChI=1S/C11H18O3/c12-8-9-4-3-5-10(9)14-11-6-1-2-7-13-11/h8-11H,1-7H2/t9-,10+,11?/m1/s1. The molecule has 1 unspecified atom stereocenters. The highest BCUT2D eigenvalue weighted by molar-refractivity contribution is 5.55. The lowest BCUT2D eigenvalue weighted by Crippen LogP contribution is -2.30. The topological polar surface area (TPSA) is 35.5 Å². The molecule has 0 amide bonds. The van der Waals surface area contributed by atoms with Gasteiger partial charge in [0.25, 0.3) is 0 Å². The van der Waals surface area contributed by atoms with Gasteiger partial charge in [-0.25, -0.2) is 0 Å². The molecule has 1 saturated carbocycles. The van der Waals surface area contributed by atoms with Crippen LogP contribution in [0, 0.1) is 5.92 Å². The zero-order valence-electron chi connectivity index (χ0n) is 8.48. The lowest BCUT2D eigenvalue weighted by Gasteiger charge is -2.27. The molecule has 2 fully saturated rings. The van der Waals surface area contributed by atoms with E-state index in [0.29, 0.717) is 0 Å². The molecule has 0 spiro atoms. The Bertz CT molecular complexity index is 187. The molecule has 2 aliphatic rings. The van der Waals surface area contributed by atoms with Gasteiger partial charge in [-0.2, -0.15) is 0 Å². The lowest BCUT2D eigenvalue weighted by molar-refractivity contribution is -0.193. The van der Waals surface area contributed by atoms with Crippen LogP contribution >= 0.6 is 0 Å². The minimum atomic E-state index is -0.0469. The minimum absolute atomic E-state index is 0.0469. The molecule has 0 N–H and O–H groups in total. The molecular weight excluding hydrogens is 180 g/mol. The van der Waals surface area contributed by atoms with E-state index in [9.17, 15) is 4.79 Å². The first-order valence-corrected chi connectivity index (χ1v) is 5.62. The second-order valence-electron chi connectivity index (χ2n) is 4.20. The molecule has 1 heterocycles. The van der Waals surface area contributed by atoms with E-state index in [0.717, 1.165) is 45.0 Å². The Morgan fingerprint density at radius 3 is 2.79 bits per heavy atom. The van der Waals surface area contributed by atoms with Crippen molar-refractivity contribution >= 4 is 6.29 Å². The van der Waals surface area contributed by atoms with Crippen LogP contribution in [0.25, 0.3) is 0 Å². The predicted octanol–water partition coefficient (Wildman–Crippen LogP) is 1.90. The van der Waals surface area contributed by atoms with Gasteiger partial charge < -0.3 is 14.3 Å². The highest BCUT2D eigenvalue weighted by atomic mass is 16.7. The quantitative estimate of drug-likeness (QED) is 0.650. The minimum Gasteiger partial charge on any atom is -0.353 e. The summed E-state index contributed by atoms with van der Waals surface area (Å²) in [5, 5.41) is 0. The Morgan fingerprint density at radius 1 is 1.14 bits per heavy atom. The van der Waals surface area contributed by atoms with Crippen molar-refractivity contribution in [3.63, 3.8) is 0 Å². The van der Waals surface area contributed by atoms with Crippen molar-refractivity contribution in [3.8, 4) is 0 Å². The summed E-state index contributed by atoms with van der Waals surface area (Å²) in [4.78, 5) is 10.7. The van der Waals surface area contributed by atoms with Crippen molar-refractivity contribution in [2.75, 3.05) is 6.61 Å². The SMILES string of the molecule is O=C[C@H]1CCC[C@@H]1OC1CCCCO1. The highest BCUT2D eigenvalue weighted by Gasteiger charge is 2.30. The maximum absolute atomic E-state index is 10.7. The summed E-state index contributed by atoms with van der Waals surface area (Å²) in [6.45, 7) is 0.809. The van der Waals surface area contributed by atoms with Gasteiger partial charge in [-0.15, -0.1) is 0 Å². The van der Waals surface area contributed by atoms with Crippen LogP contribution in [0.1, 0.15) is 38.5 Å². The first kappa shape index (κ1) is 10.1. The predicted molar refractivity (Wildman–Crippen MR) is 51.9 cm³/mol. The van der Waals surface area contributed by atoms with Gasteiger partial charge in [-0.05, 0) is 32.1 Å². The number of rotatable bonds is 3. The Labute approximate surface area is 84.8 Å². The molecular formula is C11H18O3. The van der Waals surface area contributed by atoms with Gasteiger partial charge in [0, 0.05) is 12.5 Å². The van der Waals surface area contributed by atoms with Gasteiger partial charge in [-0.3, -0.25) is 0 Å². The summed E-state index contributed by atoms with van der Waals surface area (Å²) >= 11 is 0. The van der Waals surface area contributed by atoms with Crippen molar-refractivity contribution < 1.29 is 14.3 Å². The molecule has 1 saturated heterocycles. The Kier molecular flexibility index (Phi) is 3.54. The average Bonchev–Trinajstić information content (AvgIpc) is 2.67. The summed E-state index contributed by atoms with van der Waals surface area (Å²) in [5.74, 6) is 0.112. The summed E-state index contributed by atoms with van der Waals surface area (Å²) in [6, 6.07) is 0. The van der Waals surface area contributed by atoms with Gasteiger partial charge in [0.1, 0.15) is 6.29 Å². The van der Waals surface area contributed by atoms with E-state index in [1.165, 1.54) is 6.42 Å². The van der Waals surface area contributed by atoms with Crippen LogP contribution in [0.4, 0.5) is 0 Å². The van der Waals surface area contributed by atoms with Crippen molar-refractivity contribution in [1.29, 1.82) is 0 Å². The fourth-order valence-electron chi connectivity index (χ4n) is 2.29. The van der Waals surface area contributed by atoms with Crippen molar-refractivity contribution in [2.24, 2.45) is 5.92 Å². The second kappa shape index (κ2) is 4.89. The third-order valence-electron chi connectivity index (χ3n) is 3.14. The fourth-order valence-corrected chi connectivity index (χ4v) is 2.29. The van der Waals surface area contributed by atoms with Gasteiger partial charge >= 0.3 is 0 Å². The first-order chi connectivity index (χ1) is 6.90. The van der Waals surface area contributed by atoms with Gasteiger partial charge in [0.15, 0.2) is 6.29 Å². The smallest absolute Gasteiger partial charge is 0.157 e. The van der Waals surface area contributed by atoms with Gasteiger partial charge in [0.2, 0.25) is 0 Å². The number of hydrogen-bond acceptors (Lipinski definition) is 3. The number of carbonyl (C=O) groups is 1. The van der Waals surface area contributed by atoms with E-state index < -0.39 is 0 Å². The zero-order valence-corrected chi connectivity index (χ0v) is 8.48. The number of carbonyl (C=O) groups excluding carboxylic acids is 1. The van der Waals surface area contributed by atoms with Crippen LogP contribution in [-0.2, 0) is 14.3 Å². The molecule has 80 valence electrons. The molecule has 0 aromatic carbocycles. The Morgan fingerprint density at radius 2 is 2.07 bits per heavy atom. The van der Waals surface area contributed by atoms with Crippen molar-refractivity contribution in [1.82, 2.24) is 0 Å². The van der Waals surface area contributed by atoms with Gasteiger partial charge in [0.05, 0.1) is 6.10 Å². The number of ether oxygens (including phenoxy) is 2. The second-order valence-corrected chi connectivity index (χ2v) is 4.20. The van der Waals surface area contributed by atoms with Crippen LogP contribution < -0.4 is 0 Å².